The first-order chi connectivity index (χ1) is 14.8. The van der Waals surface area contributed by atoms with Gasteiger partial charge in [0.2, 0.25) is 12.0 Å². The predicted molar refractivity (Wildman–Crippen MR) is 115 cm³/mol. The highest BCUT2D eigenvalue weighted by Gasteiger charge is 2.41. The lowest BCUT2D eigenvalue weighted by atomic mass is 9.94. The molecule has 1 aliphatic heterocycles. The van der Waals surface area contributed by atoms with Crippen LogP contribution in [0.15, 0.2) is 17.2 Å². The molecule has 0 radical (unpaired) electrons. The Bertz CT molecular complexity index is 1170. The van der Waals surface area contributed by atoms with E-state index in [1.54, 1.807) is 7.11 Å². The number of ether oxygens (including phenoxy) is 2. The van der Waals surface area contributed by atoms with Gasteiger partial charge in [0.05, 0.1) is 18.8 Å². The lowest BCUT2D eigenvalue weighted by Crippen LogP contribution is -2.35. The van der Waals surface area contributed by atoms with E-state index in [1.807, 2.05) is 6.92 Å². The largest absolute Gasteiger partial charge is 0.461 e. The zero-order valence-electron chi connectivity index (χ0n) is 17.6. The van der Waals surface area contributed by atoms with Gasteiger partial charge in [-0.2, -0.15) is 5.10 Å². The number of rotatable bonds is 5. The minimum Gasteiger partial charge on any atom is -0.461 e. The van der Waals surface area contributed by atoms with Crippen molar-refractivity contribution in [2.75, 3.05) is 19.0 Å². The standard InChI is InChI=1S/C21H27N5O4S/c1-11-19(30-21-16(31(22,23)28)9-24-26(11)21)20(27)25-18-15-5-3-4-12(15)8-13-6-7-14(10-29-2)17(13)18/h8-9,11,14,19H,3-7,10H2,1-2H3,(H,25,27)(H3,22,23,28)/t11?,14-,19?/m0/s1. The Morgan fingerprint density at radius 1 is 1.42 bits per heavy atom. The van der Waals surface area contributed by atoms with Crippen LogP contribution in [0.25, 0.3) is 0 Å². The number of hydrogen-bond donors (Lipinski definition) is 3. The van der Waals surface area contributed by atoms with Crippen LogP contribution < -0.4 is 15.2 Å². The topological polar surface area (TPSA) is 132 Å². The molecule has 0 saturated heterocycles. The van der Waals surface area contributed by atoms with E-state index in [0.29, 0.717) is 6.61 Å². The van der Waals surface area contributed by atoms with E-state index in [4.69, 9.17) is 19.4 Å². The van der Waals surface area contributed by atoms with Crippen LogP contribution in [0.1, 0.15) is 54.0 Å². The Morgan fingerprint density at radius 2 is 2.23 bits per heavy atom. The van der Waals surface area contributed by atoms with Crippen LogP contribution in [0.3, 0.4) is 0 Å². The minimum absolute atomic E-state index is 0.0105. The maximum absolute atomic E-state index is 13.4. The fourth-order valence-corrected chi connectivity index (χ4v) is 5.85. The van der Waals surface area contributed by atoms with Gasteiger partial charge in [-0.15, -0.1) is 0 Å². The third-order valence-electron chi connectivity index (χ3n) is 6.68. The van der Waals surface area contributed by atoms with Crippen molar-refractivity contribution in [3.63, 3.8) is 0 Å². The molecule has 1 aromatic heterocycles. The first-order valence-electron chi connectivity index (χ1n) is 10.6. The second kappa shape index (κ2) is 7.32. The van der Waals surface area contributed by atoms with Crippen molar-refractivity contribution < 1.29 is 18.5 Å². The summed E-state index contributed by atoms with van der Waals surface area (Å²) in [4.78, 5) is 13.4. The summed E-state index contributed by atoms with van der Waals surface area (Å²) in [6, 6.07) is 1.90. The molecule has 5 rings (SSSR count). The maximum Gasteiger partial charge on any atom is 0.267 e. The number of anilines is 1. The molecule has 0 bridgehead atoms. The maximum atomic E-state index is 13.4. The molecule has 0 fully saturated rings. The summed E-state index contributed by atoms with van der Waals surface area (Å²) in [6.45, 7) is 2.44. The van der Waals surface area contributed by atoms with Crippen molar-refractivity contribution in [3.8, 4) is 5.88 Å². The van der Waals surface area contributed by atoms with Gasteiger partial charge in [-0.25, -0.2) is 18.8 Å². The zero-order chi connectivity index (χ0) is 21.9. The number of nitrogens with one attached hydrogen (secondary N) is 2. The van der Waals surface area contributed by atoms with E-state index < -0.39 is 22.1 Å². The number of aryl methyl sites for hydroxylation is 2. The number of methoxy groups -OCH3 is 1. The molecule has 2 heterocycles. The quantitative estimate of drug-likeness (QED) is 0.650. The number of amides is 1. The Balaban J connectivity index is 1.47. The van der Waals surface area contributed by atoms with E-state index in [1.165, 1.54) is 33.1 Å². The van der Waals surface area contributed by atoms with Crippen molar-refractivity contribution in [1.82, 2.24) is 9.78 Å². The van der Waals surface area contributed by atoms with E-state index in [2.05, 4.69) is 16.5 Å². The van der Waals surface area contributed by atoms with Crippen LogP contribution >= 0.6 is 0 Å². The zero-order valence-corrected chi connectivity index (χ0v) is 18.5. The summed E-state index contributed by atoms with van der Waals surface area (Å²) < 4.78 is 32.5. The highest BCUT2D eigenvalue weighted by atomic mass is 32.2. The summed E-state index contributed by atoms with van der Waals surface area (Å²) >= 11 is 0. The molecule has 31 heavy (non-hydrogen) atoms. The van der Waals surface area contributed by atoms with Gasteiger partial charge < -0.3 is 14.8 Å². The molecule has 1 amide bonds. The number of fused-ring (bicyclic) bond motifs is 3. The van der Waals surface area contributed by atoms with Crippen molar-refractivity contribution in [1.29, 1.82) is 4.78 Å². The summed E-state index contributed by atoms with van der Waals surface area (Å²) in [6.07, 6.45) is 5.49. The lowest BCUT2D eigenvalue weighted by Gasteiger charge is -2.22. The van der Waals surface area contributed by atoms with Gasteiger partial charge in [-0.1, -0.05) is 6.07 Å². The molecule has 2 aromatic rings. The first kappa shape index (κ1) is 20.5. The molecule has 4 atom stereocenters. The Kier molecular flexibility index (Phi) is 4.83. The number of benzene rings is 1. The summed E-state index contributed by atoms with van der Waals surface area (Å²) in [5.74, 6) is 0.120. The molecular weight excluding hydrogens is 418 g/mol. The van der Waals surface area contributed by atoms with E-state index in [0.717, 1.165) is 37.8 Å². The Hall–Kier alpha value is -2.43. The van der Waals surface area contributed by atoms with Gasteiger partial charge in [0, 0.05) is 18.7 Å². The second-order valence-corrected chi connectivity index (χ2v) is 10.3. The fraction of sp³-hybridized carbons (Fsp3) is 0.524. The van der Waals surface area contributed by atoms with Crippen molar-refractivity contribution in [2.45, 2.75) is 62.0 Å². The molecule has 166 valence electrons. The summed E-state index contributed by atoms with van der Waals surface area (Å²) in [5.41, 5.74) is 5.94. The highest BCUT2D eigenvalue weighted by Crippen LogP contribution is 2.45. The average Bonchev–Trinajstić information content (AvgIpc) is 3.46. The number of nitrogens with zero attached hydrogens (tertiary/aromatic N) is 2. The molecule has 0 saturated carbocycles. The van der Waals surface area contributed by atoms with Gasteiger partial charge in [0.15, 0.2) is 0 Å². The summed E-state index contributed by atoms with van der Waals surface area (Å²) in [7, 11) is -1.79. The van der Waals surface area contributed by atoms with Crippen LogP contribution in [0, 0.1) is 4.78 Å². The number of hydrogen-bond acceptors (Lipinski definition) is 6. The Labute approximate surface area is 181 Å². The normalized spacial score (nSPS) is 25.5. The lowest BCUT2D eigenvalue weighted by molar-refractivity contribution is -0.123. The number of carbonyl (C=O) groups excluding carboxylic acids is 1. The number of carbonyl (C=O) groups is 1. The average molecular weight is 446 g/mol. The van der Waals surface area contributed by atoms with Crippen molar-refractivity contribution >= 4 is 21.5 Å². The van der Waals surface area contributed by atoms with Crippen LogP contribution in [0.4, 0.5) is 5.69 Å². The van der Waals surface area contributed by atoms with Gasteiger partial charge in [0.1, 0.15) is 14.8 Å². The SMILES string of the molecule is COC[C@@H]1CCc2cc3c(c(NC(=O)C4Oc5c(S(=N)(N)=O)cnn5C4C)c21)CCC3. The fourth-order valence-electron chi connectivity index (χ4n) is 5.24. The van der Waals surface area contributed by atoms with Crippen LogP contribution in [0.2, 0.25) is 0 Å². The Morgan fingerprint density at radius 3 is 2.97 bits per heavy atom. The van der Waals surface area contributed by atoms with E-state index in [9.17, 15) is 9.00 Å². The monoisotopic (exact) mass is 445 g/mol. The van der Waals surface area contributed by atoms with E-state index >= 15 is 0 Å². The van der Waals surface area contributed by atoms with Crippen LogP contribution in [-0.4, -0.2) is 39.7 Å². The second-order valence-electron chi connectivity index (χ2n) is 8.63. The molecule has 3 unspecified atom stereocenters. The predicted octanol–water partition coefficient (Wildman–Crippen LogP) is 2.29. The molecule has 0 spiro atoms. The molecular formula is C21H27N5O4S. The van der Waals surface area contributed by atoms with Gasteiger partial charge >= 0.3 is 0 Å². The smallest absolute Gasteiger partial charge is 0.267 e. The highest BCUT2D eigenvalue weighted by molar-refractivity contribution is 7.90. The minimum atomic E-state index is -3.50. The molecule has 9 nitrogen and oxygen atoms in total. The van der Waals surface area contributed by atoms with Gasteiger partial charge in [-0.3, -0.25) is 4.79 Å². The number of nitrogens with two attached hydrogens (primary N) is 1. The number of aromatic nitrogens is 2. The van der Waals surface area contributed by atoms with Crippen LogP contribution in [-0.2, 0) is 38.7 Å². The van der Waals surface area contributed by atoms with Crippen molar-refractivity contribution in [3.05, 3.63) is 34.5 Å². The molecule has 3 aliphatic rings. The van der Waals surface area contributed by atoms with Gasteiger partial charge in [0.25, 0.3) is 5.91 Å². The van der Waals surface area contributed by atoms with E-state index in [-0.39, 0.29) is 22.6 Å². The van der Waals surface area contributed by atoms with Crippen molar-refractivity contribution in [2.24, 2.45) is 5.14 Å². The van der Waals surface area contributed by atoms with Gasteiger partial charge in [-0.05, 0) is 61.3 Å². The third kappa shape index (κ3) is 3.24. The molecule has 1 aromatic carbocycles. The molecule has 2 aliphatic carbocycles. The molecule has 10 heteroatoms. The third-order valence-corrected chi connectivity index (χ3v) is 7.61. The first-order valence-corrected chi connectivity index (χ1v) is 12.2. The van der Waals surface area contributed by atoms with Crippen LogP contribution in [0.5, 0.6) is 5.88 Å². The summed E-state index contributed by atoms with van der Waals surface area (Å²) in [5, 5.41) is 12.8. The molecule has 4 N–H and O–H groups in total.